The van der Waals surface area contributed by atoms with Gasteiger partial charge in [0.05, 0.1) is 22.8 Å². The molecule has 45 heavy (non-hydrogen) atoms. The van der Waals surface area contributed by atoms with Crippen molar-refractivity contribution in [2.24, 2.45) is 55.7 Å². The highest BCUT2D eigenvalue weighted by Crippen LogP contribution is 2.88. The van der Waals surface area contributed by atoms with E-state index in [0.717, 1.165) is 43.9 Å². The minimum atomic E-state index is -4.42. The molecule has 248 valence electrons. The van der Waals surface area contributed by atoms with E-state index in [4.69, 9.17) is 4.99 Å². The van der Waals surface area contributed by atoms with E-state index in [-0.39, 0.29) is 51.6 Å². The van der Waals surface area contributed by atoms with Crippen LogP contribution in [0.25, 0.3) is 0 Å². The summed E-state index contributed by atoms with van der Waals surface area (Å²) in [5, 5.41) is 13.1. The van der Waals surface area contributed by atoms with Crippen molar-refractivity contribution in [2.45, 2.75) is 117 Å². The largest absolute Gasteiger partial charge is 0.416 e. The van der Waals surface area contributed by atoms with Crippen LogP contribution in [0.4, 0.5) is 13.2 Å². The molecule has 11 atom stereocenters. The molecule has 5 saturated carbocycles. The molecule has 6 aliphatic rings. The minimum absolute atomic E-state index is 0.0563. The SMILES string of the molecule is CC(C)C1=N[C@H]2CC[C@]34C[C@@]35C(=O)C[C@]3(C)[C@@H]([C@H](C)N(C)Cc6ccccc6C(F)(F)F)[C@H](O)C[C@@]3(C)[C@@H]5CC[C@H]4[C@]2(C)CS1. The number of carbonyl (C=O) groups is 1. The number of nitrogens with zero attached hydrogens (tertiary/aromatic N) is 2. The molecule has 5 aliphatic carbocycles. The van der Waals surface area contributed by atoms with Crippen molar-refractivity contribution in [3.05, 3.63) is 35.4 Å². The van der Waals surface area contributed by atoms with Gasteiger partial charge in [0.15, 0.2) is 0 Å². The molecule has 0 unspecified atom stereocenters. The molecule has 1 N–H and O–H groups in total. The summed E-state index contributed by atoms with van der Waals surface area (Å²) in [6, 6.07) is 5.94. The average Bonchev–Trinajstić information content (AvgIpc) is 3.60. The van der Waals surface area contributed by atoms with Gasteiger partial charge in [-0.1, -0.05) is 52.8 Å². The summed E-state index contributed by atoms with van der Waals surface area (Å²) in [6.45, 7) is 13.7. The lowest BCUT2D eigenvalue weighted by Gasteiger charge is -2.63. The Morgan fingerprint density at radius 1 is 1.07 bits per heavy atom. The normalized spacial score (nSPS) is 46.1. The molecule has 1 heterocycles. The quantitative estimate of drug-likeness (QED) is 0.351. The van der Waals surface area contributed by atoms with Crippen molar-refractivity contribution in [3.8, 4) is 0 Å². The first kappa shape index (κ1) is 32.2. The maximum absolute atomic E-state index is 14.8. The minimum Gasteiger partial charge on any atom is -0.393 e. The van der Waals surface area contributed by atoms with Gasteiger partial charge < -0.3 is 5.11 Å². The first-order valence-corrected chi connectivity index (χ1v) is 18.2. The summed E-state index contributed by atoms with van der Waals surface area (Å²) < 4.78 is 41.4. The number of alkyl halides is 3. The van der Waals surface area contributed by atoms with Gasteiger partial charge in [-0.15, -0.1) is 11.8 Å². The predicted molar refractivity (Wildman–Crippen MR) is 174 cm³/mol. The molecule has 0 bridgehead atoms. The Hall–Kier alpha value is -1.38. The summed E-state index contributed by atoms with van der Waals surface area (Å²) in [7, 11) is 1.87. The molecule has 1 aliphatic heterocycles. The zero-order valence-corrected chi connectivity index (χ0v) is 28.8. The number of Topliss-reactive ketones (excluding diaryl/α,β-unsaturated/α-hetero) is 1. The molecular formula is C37H51F3N2O2S. The monoisotopic (exact) mass is 644 g/mol. The highest BCUT2D eigenvalue weighted by molar-refractivity contribution is 8.14. The summed E-state index contributed by atoms with van der Waals surface area (Å²) >= 11 is 1.94. The van der Waals surface area contributed by atoms with Gasteiger partial charge in [-0.05, 0) is 92.2 Å². The molecular weight excluding hydrogens is 593 g/mol. The number of rotatable bonds is 5. The van der Waals surface area contributed by atoms with Crippen molar-refractivity contribution in [2.75, 3.05) is 12.8 Å². The fourth-order valence-corrected chi connectivity index (χ4v) is 14.0. The zero-order chi connectivity index (χ0) is 32.5. The zero-order valence-electron chi connectivity index (χ0n) is 28.0. The van der Waals surface area contributed by atoms with Crippen LogP contribution in [0, 0.1) is 50.7 Å². The Morgan fingerprint density at radius 3 is 2.44 bits per heavy atom. The number of thioether (sulfide) groups is 1. The smallest absolute Gasteiger partial charge is 0.393 e. The number of hydrogen-bond acceptors (Lipinski definition) is 5. The van der Waals surface area contributed by atoms with E-state index in [9.17, 15) is 23.1 Å². The van der Waals surface area contributed by atoms with Crippen LogP contribution >= 0.6 is 11.8 Å². The van der Waals surface area contributed by atoms with Crippen LogP contribution in [0.15, 0.2) is 29.3 Å². The van der Waals surface area contributed by atoms with Crippen molar-refractivity contribution in [1.29, 1.82) is 0 Å². The molecule has 1 aromatic rings. The van der Waals surface area contributed by atoms with E-state index in [0.29, 0.717) is 36.5 Å². The van der Waals surface area contributed by atoms with Gasteiger partial charge in [0, 0.05) is 47.4 Å². The molecule has 8 heteroatoms. The molecule has 0 aromatic heterocycles. The van der Waals surface area contributed by atoms with Crippen LogP contribution in [0.3, 0.4) is 0 Å². The van der Waals surface area contributed by atoms with Gasteiger partial charge in [-0.2, -0.15) is 13.2 Å². The number of aliphatic hydroxyl groups is 1. The van der Waals surface area contributed by atoms with E-state index in [1.54, 1.807) is 12.1 Å². The Balaban J connectivity index is 1.18. The third kappa shape index (κ3) is 4.12. The summed E-state index contributed by atoms with van der Waals surface area (Å²) in [5.74, 6) is 2.49. The second-order valence-corrected chi connectivity index (χ2v) is 18.0. The van der Waals surface area contributed by atoms with Crippen LogP contribution in [-0.2, 0) is 17.5 Å². The van der Waals surface area contributed by atoms with Crippen molar-refractivity contribution >= 4 is 22.6 Å². The van der Waals surface area contributed by atoms with Crippen LogP contribution in [0.2, 0.25) is 0 Å². The number of fused-ring (bicyclic) bond motifs is 4. The van der Waals surface area contributed by atoms with Crippen molar-refractivity contribution < 1.29 is 23.1 Å². The number of benzene rings is 1. The number of aliphatic hydroxyl groups excluding tert-OH is 1. The van der Waals surface area contributed by atoms with E-state index < -0.39 is 23.3 Å². The Morgan fingerprint density at radius 2 is 1.76 bits per heavy atom. The fraction of sp³-hybridized carbons (Fsp3) is 0.784. The first-order valence-electron chi connectivity index (χ1n) is 17.2. The van der Waals surface area contributed by atoms with Crippen LogP contribution in [-0.4, -0.2) is 51.8 Å². The third-order valence-corrected chi connectivity index (χ3v) is 16.6. The topological polar surface area (TPSA) is 52.9 Å². The van der Waals surface area contributed by atoms with E-state index >= 15 is 0 Å². The molecule has 5 fully saturated rings. The van der Waals surface area contributed by atoms with Gasteiger partial charge >= 0.3 is 6.18 Å². The standard InChI is InChI=1S/C37H51F3N2O2S/c1-21(2)31-41-28-14-15-35-19-36(35)27(13-12-26(35)32(28,4)20-45-31)33(5)16-25(43)30(34(33,6)17-29(36)44)22(3)42(7)18-23-10-8-9-11-24(23)37(38,39)40/h8-11,21-22,25-28,30,43H,12-20H2,1-7H3/t22-,25+,26-,27-,28-,30-,32-,33-,34+,35+,36+/m0/s1. The Labute approximate surface area is 271 Å². The van der Waals surface area contributed by atoms with E-state index in [1.165, 1.54) is 11.1 Å². The summed E-state index contributed by atoms with van der Waals surface area (Å²) in [5.41, 5.74) is -1.12. The van der Waals surface area contributed by atoms with Crippen LogP contribution in [0.1, 0.15) is 97.6 Å². The maximum Gasteiger partial charge on any atom is 0.416 e. The van der Waals surface area contributed by atoms with Gasteiger partial charge in [-0.25, -0.2) is 0 Å². The van der Waals surface area contributed by atoms with E-state index in [1.807, 2.05) is 30.6 Å². The number of hydrogen-bond donors (Lipinski definition) is 1. The molecule has 4 nitrogen and oxygen atoms in total. The lowest BCUT2D eigenvalue weighted by Crippen LogP contribution is -2.62. The molecule has 2 spiro atoms. The number of ketones is 1. The van der Waals surface area contributed by atoms with Gasteiger partial charge in [-0.3, -0.25) is 14.7 Å². The maximum atomic E-state index is 14.8. The lowest BCUT2D eigenvalue weighted by atomic mass is 9.41. The Bertz CT molecular complexity index is 1430. The molecule has 1 aromatic carbocycles. The molecule has 0 radical (unpaired) electrons. The second-order valence-electron chi connectivity index (χ2n) is 17.0. The van der Waals surface area contributed by atoms with Crippen molar-refractivity contribution in [3.63, 3.8) is 0 Å². The highest BCUT2D eigenvalue weighted by Gasteiger charge is 2.86. The van der Waals surface area contributed by atoms with Crippen LogP contribution < -0.4 is 0 Å². The van der Waals surface area contributed by atoms with Gasteiger partial charge in [0.2, 0.25) is 0 Å². The fourth-order valence-electron chi connectivity index (χ4n) is 12.6. The Kier molecular flexibility index (Phi) is 7.20. The van der Waals surface area contributed by atoms with Gasteiger partial charge in [0.25, 0.3) is 0 Å². The van der Waals surface area contributed by atoms with Crippen LogP contribution in [0.5, 0.6) is 0 Å². The predicted octanol–water partition coefficient (Wildman–Crippen LogP) is 8.26. The molecule has 7 rings (SSSR count). The highest BCUT2D eigenvalue weighted by atomic mass is 32.2. The van der Waals surface area contributed by atoms with Crippen molar-refractivity contribution in [1.82, 2.24) is 4.90 Å². The number of carbonyl (C=O) groups excluding carboxylic acids is 1. The average molecular weight is 645 g/mol. The molecule has 0 amide bonds. The lowest BCUT2D eigenvalue weighted by molar-refractivity contribution is -0.169. The first-order chi connectivity index (χ1) is 21.0. The number of halogens is 3. The summed E-state index contributed by atoms with van der Waals surface area (Å²) in [4.78, 5) is 22.1. The molecule has 0 saturated heterocycles. The summed E-state index contributed by atoms with van der Waals surface area (Å²) in [6.07, 6.45) is 1.37. The van der Waals surface area contributed by atoms with Gasteiger partial charge in [0.1, 0.15) is 5.78 Å². The third-order valence-electron chi connectivity index (χ3n) is 14.9. The second kappa shape index (κ2) is 10.1. The van der Waals surface area contributed by atoms with E-state index in [2.05, 4.69) is 34.6 Å². The number of aliphatic imine (C=N–C) groups is 1.